The molecule has 27 heavy (non-hydrogen) atoms. The molecule has 0 saturated heterocycles. The highest BCUT2D eigenvalue weighted by molar-refractivity contribution is 7.13. The predicted molar refractivity (Wildman–Crippen MR) is 107 cm³/mol. The number of fused-ring (bicyclic) bond motifs is 1. The Morgan fingerprint density at radius 2 is 2.07 bits per heavy atom. The SMILES string of the molecule is Cc1nc2nc(-c3cccs3)nn2c(C)c1CC(=O)Nc1cccc(Cl)c1. The standard InChI is InChI=1S/C19H16ClN5OS/c1-11-15(10-17(26)22-14-6-3-5-13(20)9-14)12(2)25-19(21-11)23-18(24-25)16-7-4-8-27-16/h3-9H,10H2,1-2H3,(H,22,26). The van der Waals surface area contributed by atoms with Crippen LogP contribution in [0.3, 0.4) is 0 Å². The van der Waals surface area contributed by atoms with Crippen molar-refractivity contribution in [2.24, 2.45) is 0 Å². The van der Waals surface area contributed by atoms with Crippen LogP contribution in [0.25, 0.3) is 16.5 Å². The fourth-order valence-corrected chi connectivity index (χ4v) is 3.75. The molecule has 0 aliphatic carbocycles. The number of carbonyl (C=O) groups is 1. The summed E-state index contributed by atoms with van der Waals surface area (Å²) in [7, 11) is 0. The van der Waals surface area contributed by atoms with Crippen molar-refractivity contribution in [3.63, 3.8) is 0 Å². The number of benzene rings is 1. The van der Waals surface area contributed by atoms with Gasteiger partial charge in [-0.15, -0.1) is 16.4 Å². The van der Waals surface area contributed by atoms with Crippen molar-refractivity contribution in [3.05, 3.63) is 63.8 Å². The lowest BCUT2D eigenvalue weighted by Crippen LogP contribution is -2.17. The number of anilines is 1. The molecule has 0 fully saturated rings. The predicted octanol–water partition coefficient (Wildman–Crippen LogP) is 4.30. The van der Waals surface area contributed by atoms with Crippen molar-refractivity contribution >= 4 is 40.3 Å². The number of rotatable bonds is 4. The number of aryl methyl sites for hydroxylation is 2. The molecule has 4 rings (SSSR count). The zero-order chi connectivity index (χ0) is 19.0. The van der Waals surface area contributed by atoms with Crippen LogP contribution in [0.1, 0.15) is 17.0 Å². The highest BCUT2D eigenvalue weighted by Gasteiger charge is 2.17. The number of nitrogens with zero attached hydrogens (tertiary/aromatic N) is 4. The number of carbonyl (C=O) groups excluding carboxylic acids is 1. The molecule has 0 atom stereocenters. The van der Waals surface area contributed by atoms with Gasteiger partial charge in [-0.1, -0.05) is 23.7 Å². The molecule has 1 aromatic carbocycles. The number of aromatic nitrogens is 4. The number of halogens is 1. The van der Waals surface area contributed by atoms with Crippen molar-refractivity contribution in [1.29, 1.82) is 0 Å². The highest BCUT2D eigenvalue weighted by Crippen LogP contribution is 2.23. The first kappa shape index (κ1) is 17.6. The fraction of sp³-hybridized carbons (Fsp3) is 0.158. The van der Waals surface area contributed by atoms with Crippen LogP contribution in [0.5, 0.6) is 0 Å². The Labute approximate surface area is 164 Å². The summed E-state index contributed by atoms with van der Waals surface area (Å²) in [6, 6.07) is 11.0. The second-order valence-electron chi connectivity index (χ2n) is 6.12. The maximum absolute atomic E-state index is 12.5. The van der Waals surface area contributed by atoms with Gasteiger partial charge in [-0.05, 0) is 43.5 Å². The van der Waals surface area contributed by atoms with Gasteiger partial charge < -0.3 is 5.32 Å². The third kappa shape index (κ3) is 3.56. The molecule has 0 unspecified atom stereocenters. The van der Waals surface area contributed by atoms with Crippen molar-refractivity contribution < 1.29 is 4.79 Å². The molecule has 8 heteroatoms. The fourth-order valence-electron chi connectivity index (χ4n) is 2.91. The van der Waals surface area contributed by atoms with E-state index in [-0.39, 0.29) is 12.3 Å². The first-order chi connectivity index (χ1) is 13.0. The van der Waals surface area contributed by atoms with Gasteiger partial charge in [0.2, 0.25) is 5.91 Å². The Kier molecular flexibility index (Phi) is 4.63. The molecule has 4 aromatic rings. The van der Waals surface area contributed by atoms with Crippen LogP contribution in [-0.4, -0.2) is 25.5 Å². The maximum atomic E-state index is 12.5. The third-order valence-corrected chi connectivity index (χ3v) is 5.34. The Morgan fingerprint density at radius 3 is 2.81 bits per heavy atom. The average Bonchev–Trinajstić information content (AvgIpc) is 3.28. The van der Waals surface area contributed by atoms with Gasteiger partial charge >= 0.3 is 0 Å². The first-order valence-electron chi connectivity index (χ1n) is 8.33. The minimum Gasteiger partial charge on any atom is -0.326 e. The molecule has 0 aliphatic rings. The molecule has 0 radical (unpaired) electrons. The van der Waals surface area contributed by atoms with Crippen LogP contribution in [-0.2, 0) is 11.2 Å². The summed E-state index contributed by atoms with van der Waals surface area (Å²) in [6.07, 6.45) is 0.196. The molecule has 0 saturated carbocycles. The zero-order valence-corrected chi connectivity index (χ0v) is 16.3. The molecule has 0 aliphatic heterocycles. The van der Waals surface area contributed by atoms with Crippen LogP contribution in [0, 0.1) is 13.8 Å². The lowest BCUT2D eigenvalue weighted by Gasteiger charge is -2.11. The van der Waals surface area contributed by atoms with E-state index in [0.29, 0.717) is 22.3 Å². The second kappa shape index (κ2) is 7.09. The van der Waals surface area contributed by atoms with Gasteiger partial charge in [0.05, 0.1) is 11.3 Å². The van der Waals surface area contributed by atoms with Crippen molar-refractivity contribution in [2.75, 3.05) is 5.32 Å². The Hall–Kier alpha value is -2.77. The van der Waals surface area contributed by atoms with E-state index in [4.69, 9.17) is 11.6 Å². The van der Waals surface area contributed by atoms with E-state index in [1.165, 1.54) is 0 Å². The monoisotopic (exact) mass is 397 g/mol. The summed E-state index contributed by atoms with van der Waals surface area (Å²) in [5.74, 6) is 1.04. The smallest absolute Gasteiger partial charge is 0.253 e. The molecule has 0 bridgehead atoms. The number of hydrogen-bond acceptors (Lipinski definition) is 5. The van der Waals surface area contributed by atoms with Crippen LogP contribution in [0.4, 0.5) is 5.69 Å². The highest BCUT2D eigenvalue weighted by atomic mass is 35.5. The van der Waals surface area contributed by atoms with Gasteiger partial charge in [0.15, 0.2) is 5.82 Å². The second-order valence-corrected chi connectivity index (χ2v) is 7.51. The van der Waals surface area contributed by atoms with Gasteiger partial charge in [-0.3, -0.25) is 4.79 Å². The quantitative estimate of drug-likeness (QED) is 0.557. The summed E-state index contributed by atoms with van der Waals surface area (Å²) < 4.78 is 1.70. The average molecular weight is 398 g/mol. The van der Waals surface area contributed by atoms with Crippen LogP contribution >= 0.6 is 22.9 Å². The van der Waals surface area contributed by atoms with Crippen LogP contribution in [0.2, 0.25) is 5.02 Å². The van der Waals surface area contributed by atoms with E-state index in [1.54, 1.807) is 40.1 Å². The van der Waals surface area contributed by atoms with Crippen molar-refractivity contribution in [1.82, 2.24) is 19.6 Å². The third-order valence-electron chi connectivity index (χ3n) is 4.24. The number of nitrogens with one attached hydrogen (secondary N) is 1. The molecule has 6 nitrogen and oxygen atoms in total. The summed E-state index contributed by atoms with van der Waals surface area (Å²) in [5.41, 5.74) is 3.13. The molecular weight excluding hydrogens is 382 g/mol. The van der Waals surface area contributed by atoms with Crippen LogP contribution in [0.15, 0.2) is 41.8 Å². The molecule has 136 valence electrons. The Morgan fingerprint density at radius 1 is 1.22 bits per heavy atom. The van der Waals surface area contributed by atoms with Gasteiger partial charge in [-0.2, -0.15) is 4.98 Å². The van der Waals surface area contributed by atoms with Crippen molar-refractivity contribution in [3.8, 4) is 10.7 Å². The lowest BCUT2D eigenvalue weighted by molar-refractivity contribution is -0.115. The summed E-state index contributed by atoms with van der Waals surface area (Å²) in [6.45, 7) is 3.81. The van der Waals surface area contributed by atoms with Gasteiger partial charge in [0, 0.05) is 27.7 Å². The van der Waals surface area contributed by atoms with Gasteiger partial charge in [-0.25, -0.2) is 9.50 Å². The minimum absolute atomic E-state index is 0.136. The van der Waals surface area contributed by atoms with E-state index in [2.05, 4.69) is 20.4 Å². The molecule has 3 heterocycles. The van der Waals surface area contributed by atoms with E-state index < -0.39 is 0 Å². The molecular formula is C19H16ClN5OS. The number of amides is 1. The zero-order valence-electron chi connectivity index (χ0n) is 14.7. The molecule has 1 N–H and O–H groups in total. The topological polar surface area (TPSA) is 72.2 Å². The van der Waals surface area contributed by atoms with Crippen molar-refractivity contribution in [2.45, 2.75) is 20.3 Å². The Bertz CT molecular complexity index is 1140. The lowest BCUT2D eigenvalue weighted by atomic mass is 10.1. The van der Waals surface area contributed by atoms with Gasteiger partial charge in [0.1, 0.15) is 0 Å². The van der Waals surface area contributed by atoms with Gasteiger partial charge in [0.25, 0.3) is 5.78 Å². The Balaban J connectivity index is 1.64. The number of hydrogen-bond donors (Lipinski definition) is 1. The molecule has 1 amide bonds. The molecule has 3 aromatic heterocycles. The first-order valence-corrected chi connectivity index (χ1v) is 9.59. The van der Waals surface area contributed by atoms with E-state index in [0.717, 1.165) is 21.8 Å². The van der Waals surface area contributed by atoms with E-state index >= 15 is 0 Å². The normalized spacial score (nSPS) is 11.1. The summed E-state index contributed by atoms with van der Waals surface area (Å²) >= 11 is 7.55. The summed E-state index contributed by atoms with van der Waals surface area (Å²) in [5, 5.41) is 9.99. The molecule has 0 spiro atoms. The van der Waals surface area contributed by atoms with E-state index in [1.807, 2.05) is 31.4 Å². The van der Waals surface area contributed by atoms with E-state index in [9.17, 15) is 4.79 Å². The number of thiophene rings is 1. The van der Waals surface area contributed by atoms with Crippen LogP contribution < -0.4 is 5.32 Å². The largest absolute Gasteiger partial charge is 0.326 e. The minimum atomic E-state index is -0.136. The maximum Gasteiger partial charge on any atom is 0.253 e. The summed E-state index contributed by atoms with van der Waals surface area (Å²) in [4.78, 5) is 22.5.